The molecule has 1 amide bonds. The molecule has 1 aromatic carbocycles. The number of ether oxygens (including phenoxy) is 1. The lowest BCUT2D eigenvalue weighted by atomic mass is 10.1. The van der Waals surface area contributed by atoms with Crippen LogP contribution in [0.2, 0.25) is 0 Å². The van der Waals surface area contributed by atoms with Crippen molar-refractivity contribution >= 4 is 35.8 Å². The van der Waals surface area contributed by atoms with E-state index in [1.165, 1.54) is 0 Å². The summed E-state index contributed by atoms with van der Waals surface area (Å²) in [7, 11) is 2.06. The Bertz CT molecular complexity index is 618. The molecule has 2 N–H and O–H groups in total. The summed E-state index contributed by atoms with van der Waals surface area (Å²) in [6, 6.07) is 7.69. The van der Waals surface area contributed by atoms with Gasteiger partial charge in [0.15, 0.2) is 5.96 Å². The smallest absolute Gasteiger partial charge is 0.251 e. The fourth-order valence-corrected chi connectivity index (χ4v) is 3.06. The molecule has 0 saturated carbocycles. The van der Waals surface area contributed by atoms with Gasteiger partial charge in [0.2, 0.25) is 0 Å². The van der Waals surface area contributed by atoms with Crippen LogP contribution in [0.1, 0.15) is 55.5 Å². The number of amides is 1. The molecule has 0 spiro atoms. The van der Waals surface area contributed by atoms with Gasteiger partial charge in [0.25, 0.3) is 5.91 Å². The third-order valence-electron chi connectivity index (χ3n) is 4.66. The van der Waals surface area contributed by atoms with Crippen LogP contribution in [-0.4, -0.2) is 56.2 Å². The third-order valence-corrected chi connectivity index (χ3v) is 4.66. The summed E-state index contributed by atoms with van der Waals surface area (Å²) >= 11 is 0. The van der Waals surface area contributed by atoms with Crippen molar-refractivity contribution < 1.29 is 9.53 Å². The fourth-order valence-electron chi connectivity index (χ4n) is 3.06. The summed E-state index contributed by atoms with van der Waals surface area (Å²) in [5.41, 5.74) is 1.70. The van der Waals surface area contributed by atoms with E-state index in [1.807, 2.05) is 24.3 Å². The molecule has 28 heavy (non-hydrogen) atoms. The Labute approximate surface area is 186 Å². The Morgan fingerprint density at radius 2 is 2.14 bits per heavy atom. The van der Waals surface area contributed by atoms with Gasteiger partial charge in [-0.1, -0.05) is 25.5 Å². The van der Waals surface area contributed by atoms with Crippen molar-refractivity contribution in [1.82, 2.24) is 15.5 Å². The van der Waals surface area contributed by atoms with Crippen molar-refractivity contribution in [2.75, 3.05) is 33.3 Å². The molecule has 1 aliphatic rings. The summed E-state index contributed by atoms with van der Waals surface area (Å²) < 4.78 is 5.56. The third kappa shape index (κ3) is 8.34. The molecule has 0 aliphatic carbocycles. The van der Waals surface area contributed by atoms with Gasteiger partial charge in [-0.25, -0.2) is 4.99 Å². The van der Waals surface area contributed by atoms with Gasteiger partial charge >= 0.3 is 0 Å². The zero-order chi connectivity index (χ0) is 19.5. The predicted octanol–water partition coefficient (Wildman–Crippen LogP) is 3.41. The maximum Gasteiger partial charge on any atom is 0.251 e. The second-order valence-electron chi connectivity index (χ2n) is 6.99. The molecule has 0 bridgehead atoms. The van der Waals surface area contributed by atoms with Gasteiger partial charge in [0.05, 0.1) is 12.6 Å². The minimum atomic E-state index is -0.0525. The quantitative estimate of drug-likeness (QED) is 0.309. The summed E-state index contributed by atoms with van der Waals surface area (Å²) in [6.07, 6.45) is 4.56. The van der Waals surface area contributed by atoms with E-state index in [0.717, 1.165) is 56.9 Å². The van der Waals surface area contributed by atoms with Gasteiger partial charge < -0.3 is 20.3 Å². The standard InChI is InChI=1S/C21H34N4O2.HI/c1-4-6-12-25(3)21(22-5-2)24-15-17-9-7-10-18(14-17)20(26)23-16-19-11-8-13-27-19;/h7,9-10,14,19H,4-6,8,11-13,15-16H2,1-3H3,(H,22,24)(H,23,26);1H. The lowest BCUT2D eigenvalue weighted by molar-refractivity contribution is 0.0857. The van der Waals surface area contributed by atoms with E-state index in [9.17, 15) is 4.79 Å². The van der Waals surface area contributed by atoms with Crippen LogP contribution < -0.4 is 10.6 Å². The van der Waals surface area contributed by atoms with Crippen LogP contribution in [0.3, 0.4) is 0 Å². The van der Waals surface area contributed by atoms with Crippen LogP contribution in [-0.2, 0) is 11.3 Å². The molecule has 2 rings (SSSR count). The topological polar surface area (TPSA) is 66.0 Å². The normalized spacial score (nSPS) is 16.4. The Morgan fingerprint density at radius 1 is 1.32 bits per heavy atom. The second-order valence-corrected chi connectivity index (χ2v) is 6.99. The lowest BCUT2D eigenvalue weighted by Gasteiger charge is -2.21. The van der Waals surface area contributed by atoms with E-state index < -0.39 is 0 Å². The largest absolute Gasteiger partial charge is 0.376 e. The highest BCUT2D eigenvalue weighted by atomic mass is 127. The molecule has 158 valence electrons. The van der Waals surface area contributed by atoms with Crippen LogP contribution >= 0.6 is 24.0 Å². The number of rotatable bonds is 9. The van der Waals surface area contributed by atoms with Gasteiger partial charge in [-0.05, 0) is 43.9 Å². The average Bonchev–Trinajstić information content (AvgIpc) is 3.21. The van der Waals surface area contributed by atoms with Crippen LogP contribution in [0.4, 0.5) is 0 Å². The number of nitrogens with zero attached hydrogens (tertiary/aromatic N) is 2. The van der Waals surface area contributed by atoms with Crippen molar-refractivity contribution in [1.29, 1.82) is 0 Å². The molecule has 0 radical (unpaired) electrons. The number of hydrogen-bond donors (Lipinski definition) is 2. The molecular weight excluding hydrogens is 467 g/mol. The molecule has 1 atom stereocenters. The van der Waals surface area contributed by atoms with E-state index in [1.54, 1.807) is 0 Å². The van der Waals surface area contributed by atoms with Gasteiger partial charge in [-0.3, -0.25) is 4.79 Å². The number of carbonyl (C=O) groups excluding carboxylic acids is 1. The number of benzene rings is 1. The number of halogens is 1. The maximum atomic E-state index is 12.4. The zero-order valence-electron chi connectivity index (χ0n) is 17.4. The van der Waals surface area contributed by atoms with Crippen molar-refractivity contribution in [3.63, 3.8) is 0 Å². The number of unbranched alkanes of at least 4 members (excludes halogenated alkanes) is 1. The Hall–Kier alpha value is -1.35. The number of aliphatic imine (C=N–C) groups is 1. The average molecular weight is 502 g/mol. The molecule has 1 fully saturated rings. The first kappa shape index (κ1) is 24.7. The number of hydrogen-bond acceptors (Lipinski definition) is 3. The molecule has 1 heterocycles. The van der Waals surface area contributed by atoms with Crippen molar-refractivity contribution in [2.45, 2.75) is 52.2 Å². The first-order valence-corrected chi connectivity index (χ1v) is 10.1. The van der Waals surface area contributed by atoms with Gasteiger partial charge in [-0.15, -0.1) is 24.0 Å². The van der Waals surface area contributed by atoms with Gasteiger partial charge in [0, 0.05) is 38.9 Å². The molecular formula is C21H35IN4O2. The summed E-state index contributed by atoms with van der Waals surface area (Å²) in [4.78, 5) is 19.3. The highest BCUT2D eigenvalue weighted by molar-refractivity contribution is 14.0. The number of nitrogens with one attached hydrogen (secondary N) is 2. The molecule has 1 aliphatic heterocycles. The van der Waals surface area contributed by atoms with Crippen molar-refractivity contribution in [3.8, 4) is 0 Å². The summed E-state index contributed by atoms with van der Waals surface area (Å²) in [5, 5.41) is 6.31. The number of guanidine groups is 1. The predicted molar refractivity (Wildman–Crippen MR) is 126 cm³/mol. The first-order valence-electron chi connectivity index (χ1n) is 10.1. The van der Waals surface area contributed by atoms with Crippen LogP contribution in [0, 0.1) is 0 Å². The molecule has 1 saturated heterocycles. The molecule has 6 nitrogen and oxygen atoms in total. The maximum absolute atomic E-state index is 12.4. The van der Waals surface area contributed by atoms with E-state index in [-0.39, 0.29) is 36.0 Å². The van der Waals surface area contributed by atoms with E-state index in [4.69, 9.17) is 9.73 Å². The van der Waals surface area contributed by atoms with Crippen LogP contribution in [0.15, 0.2) is 29.3 Å². The van der Waals surface area contributed by atoms with E-state index >= 15 is 0 Å². The molecule has 1 aromatic rings. The minimum absolute atomic E-state index is 0. The number of carbonyl (C=O) groups is 1. The summed E-state index contributed by atoms with van der Waals surface area (Å²) in [5.74, 6) is 0.850. The zero-order valence-corrected chi connectivity index (χ0v) is 19.7. The Morgan fingerprint density at radius 3 is 2.82 bits per heavy atom. The van der Waals surface area contributed by atoms with Crippen molar-refractivity contribution in [2.24, 2.45) is 4.99 Å². The van der Waals surface area contributed by atoms with Crippen LogP contribution in [0.25, 0.3) is 0 Å². The Balaban J connectivity index is 0.00000392. The summed E-state index contributed by atoms with van der Waals surface area (Å²) in [6.45, 7) is 8.00. The molecule has 0 aromatic heterocycles. The Kier molecular flexibility index (Phi) is 12.1. The first-order chi connectivity index (χ1) is 13.1. The van der Waals surface area contributed by atoms with Gasteiger partial charge in [-0.2, -0.15) is 0 Å². The van der Waals surface area contributed by atoms with Crippen molar-refractivity contribution in [3.05, 3.63) is 35.4 Å². The monoisotopic (exact) mass is 502 g/mol. The minimum Gasteiger partial charge on any atom is -0.376 e. The molecule has 1 unspecified atom stereocenters. The highest BCUT2D eigenvalue weighted by Crippen LogP contribution is 2.11. The second kappa shape index (κ2) is 13.8. The van der Waals surface area contributed by atoms with Crippen LogP contribution in [0.5, 0.6) is 0 Å². The lowest BCUT2D eigenvalue weighted by Crippen LogP contribution is -2.39. The molecule has 7 heteroatoms. The van der Waals surface area contributed by atoms with E-state index in [2.05, 4.69) is 36.4 Å². The SMILES string of the molecule is CCCCN(C)C(=NCc1cccc(C(=O)NCC2CCCO2)c1)NCC.I. The highest BCUT2D eigenvalue weighted by Gasteiger charge is 2.16. The van der Waals surface area contributed by atoms with E-state index in [0.29, 0.717) is 18.7 Å². The van der Waals surface area contributed by atoms with Gasteiger partial charge in [0.1, 0.15) is 0 Å². The fraction of sp³-hybridized carbons (Fsp3) is 0.619.